The first kappa shape index (κ1) is 23.6. The van der Waals surface area contributed by atoms with E-state index in [1.54, 1.807) is 12.1 Å². The third-order valence-corrected chi connectivity index (χ3v) is 7.74. The minimum Gasteiger partial charge on any atom is -0.383 e. The number of anilines is 1. The average Bonchev–Trinajstić information content (AvgIpc) is 3.30. The fourth-order valence-electron chi connectivity index (χ4n) is 5.78. The molecule has 3 atom stereocenters. The number of nitrogen functional groups attached to an aromatic ring is 1. The molecule has 5 nitrogen and oxygen atoms in total. The maximum atomic E-state index is 13.8. The molecule has 2 aromatic heterocycles. The Kier molecular flexibility index (Phi) is 6.15. The number of aromatic nitrogens is 2. The number of benzene rings is 1. The molecule has 3 aromatic rings. The molecule has 1 aromatic carbocycles. The summed E-state index contributed by atoms with van der Waals surface area (Å²) in [4.78, 5) is 24.1. The molecule has 2 aliphatic rings. The molecule has 0 aliphatic heterocycles. The molecule has 0 saturated heterocycles. The van der Waals surface area contributed by atoms with Crippen molar-refractivity contribution in [2.75, 3.05) is 5.73 Å². The fraction of sp³-hybridized carbons (Fsp3) is 0.444. The van der Waals surface area contributed by atoms with Gasteiger partial charge in [0.15, 0.2) is 0 Å². The number of aryl methyl sites for hydroxylation is 1. The number of pyridine rings is 2. The molecule has 1 amide bonds. The van der Waals surface area contributed by atoms with Gasteiger partial charge in [-0.1, -0.05) is 19.3 Å². The summed E-state index contributed by atoms with van der Waals surface area (Å²) in [5.41, 5.74) is 7.68. The lowest BCUT2D eigenvalue weighted by Crippen LogP contribution is -2.43. The van der Waals surface area contributed by atoms with E-state index in [-0.39, 0.29) is 18.5 Å². The van der Waals surface area contributed by atoms with Crippen LogP contribution in [0.3, 0.4) is 0 Å². The van der Waals surface area contributed by atoms with Crippen molar-refractivity contribution in [3.8, 4) is 0 Å². The summed E-state index contributed by atoms with van der Waals surface area (Å²) in [6, 6.07) is 9.73. The van der Waals surface area contributed by atoms with Gasteiger partial charge in [0.1, 0.15) is 5.82 Å². The fourth-order valence-corrected chi connectivity index (χ4v) is 5.78. The third kappa shape index (κ3) is 4.83. The predicted octanol–water partition coefficient (Wildman–Crippen LogP) is 6.15. The van der Waals surface area contributed by atoms with Gasteiger partial charge in [0, 0.05) is 23.2 Å². The maximum Gasteiger partial charge on any atom is 0.417 e. The number of fused-ring (bicyclic) bond motifs is 2. The second-order valence-electron chi connectivity index (χ2n) is 9.98. The van der Waals surface area contributed by atoms with E-state index in [2.05, 4.69) is 9.97 Å². The van der Waals surface area contributed by atoms with Crippen molar-refractivity contribution in [2.24, 2.45) is 11.8 Å². The number of nitrogens with zero attached hydrogens (tertiary/aromatic N) is 3. The zero-order valence-electron chi connectivity index (χ0n) is 19.7. The van der Waals surface area contributed by atoms with E-state index in [0.29, 0.717) is 28.5 Å². The highest BCUT2D eigenvalue weighted by Gasteiger charge is 2.38. The lowest BCUT2D eigenvalue weighted by molar-refractivity contribution is -0.137. The predicted molar refractivity (Wildman–Crippen MR) is 128 cm³/mol. The van der Waals surface area contributed by atoms with E-state index in [4.69, 9.17) is 5.73 Å². The number of carbonyl (C=O) groups excluding carboxylic acids is 1. The molecule has 0 spiro atoms. The quantitative estimate of drug-likeness (QED) is 0.484. The number of hydrogen-bond acceptors (Lipinski definition) is 4. The summed E-state index contributed by atoms with van der Waals surface area (Å²) in [5, 5.41) is 0.828. The highest BCUT2D eigenvalue weighted by Crippen LogP contribution is 2.44. The van der Waals surface area contributed by atoms with Crippen molar-refractivity contribution in [3.63, 3.8) is 0 Å². The van der Waals surface area contributed by atoms with Crippen LogP contribution in [0.25, 0.3) is 10.9 Å². The van der Waals surface area contributed by atoms with Gasteiger partial charge in [-0.05, 0) is 80.0 Å². The van der Waals surface area contributed by atoms with Gasteiger partial charge in [0.05, 0.1) is 23.3 Å². The Morgan fingerprint density at radius 3 is 2.63 bits per heavy atom. The molecule has 0 bridgehead atoms. The Labute approximate surface area is 202 Å². The Hall–Kier alpha value is -3.16. The van der Waals surface area contributed by atoms with E-state index < -0.39 is 11.7 Å². The summed E-state index contributed by atoms with van der Waals surface area (Å²) < 4.78 is 39.0. The van der Waals surface area contributed by atoms with Crippen LogP contribution in [0.5, 0.6) is 0 Å². The van der Waals surface area contributed by atoms with Gasteiger partial charge in [0.25, 0.3) is 5.91 Å². The molecule has 2 saturated carbocycles. The monoisotopic (exact) mass is 482 g/mol. The van der Waals surface area contributed by atoms with Crippen LogP contribution >= 0.6 is 0 Å². The van der Waals surface area contributed by atoms with Crippen molar-refractivity contribution >= 4 is 22.6 Å². The topological polar surface area (TPSA) is 72.1 Å². The molecule has 2 fully saturated rings. The van der Waals surface area contributed by atoms with Crippen molar-refractivity contribution in [2.45, 2.75) is 64.2 Å². The molecule has 2 heterocycles. The summed E-state index contributed by atoms with van der Waals surface area (Å²) in [5.74, 6) is 1.66. The molecule has 0 radical (unpaired) electrons. The molecule has 0 unspecified atom stereocenters. The molecular weight excluding hydrogens is 453 g/mol. The molecule has 8 heteroatoms. The van der Waals surface area contributed by atoms with E-state index in [1.165, 1.54) is 25.3 Å². The number of hydrogen-bond donors (Lipinski definition) is 1. The largest absolute Gasteiger partial charge is 0.417 e. The summed E-state index contributed by atoms with van der Waals surface area (Å²) in [7, 11) is 0. The van der Waals surface area contributed by atoms with Crippen LogP contribution in [0.15, 0.2) is 42.6 Å². The van der Waals surface area contributed by atoms with E-state index in [9.17, 15) is 18.0 Å². The van der Waals surface area contributed by atoms with Crippen molar-refractivity contribution in [1.29, 1.82) is 0 Å². The van der Waals surface area contributed by atoms with Crippen LogP contribution < -0.4 is 5.73 Å². The first-order valence-corrected chi connectivity index (χ1v) is 12.2. The smallest absolute Gasteiger partial charge is 0.383 e. The Bertz CT molecular complexity index is 1240. The van der Waals surface area contributed by atoms with Gasteiger partial charge >= 0.3 is 6.18 Å². The highest BCUT2D eigenvalue weighted by atomic mass is 19.4. The zero-order valence-corrected chi connectivity index (χ0v) is 19.7. The molecule has 2 aliphatic carbocycles. The number of halogens is 3. The van der Waals surface area contributed by atoms with Gasteiger partial charge in [-0.25, -0.2) is 4.98 Å². The molecule has 184 valence electrons. The van der Waals surface area contributed by atoms with E-state index in [0.717, 1.165) is 48.4 Å². The van der Waals surface area contributed by atoms with Gasteiger partial charge < -0.3 is 10.6 Å². The highest BCUT2D eigenvalue weighted by molar-refractivity contribution is 5.98. The Balaban J connectivity index is 1.46. The Morgan fingerprint density at radius 1 is 1.09 bits per heavy atom. The number of alkyl halides is 3. The van der Waals surface area contributed by atoms with Crippen LogP contribution in [0.2, 0.25) is 0 Å². The number of rotatable bonds is 4. The summed E-state index contributed by atoms with van der Waals surface area (Å²) in [6.07, 6.45) is 3.00. The van der Waals surface area contributed by atoms with Gasteiger partial charge in [0.2, 0.25) is 0 Å². The standard InChI is InChI=1S/C27H29F3N4O/c1-16-11-20-12-19(6-10-24(20)33-25(16)31)26(35)34(23-9-5-17-3-2-4-18(17)13-23)15-22-8-7-21(14-32-22)27(28,29)30/h6-8,10-12,14,17-18,23H,2-5,9,13,15H2,1H3,(H2,31,33)/t17-,18-,23+/m1/s1. The second-order valence-corrected chi connectivity index (χ2v) is 9.98. The molecule has 35 heavy (non-hydrogen) atoms. The maximum absolute atomic E-state index is 13.8. The summed E-state index contributed by atoms with van der Waals surface area (Å²) in [6.45, 7) is 2.05. The van der Waals surface area contributed by atoms with Crippen LogP contribution in [-0.2, 0) is 12.7 Å². The van der Waals surface area contributed by atoms with Gasteiger partial charge in [-0.15, -0.1) is 0 Å². The molecule has 5 rings (SSSR count). The summed E-state index contributed by atoms with van der Waals surface area (Å²) >= 11 is 0. The van der Waals surface area contributed by atoms with Crippen molar-refractivity contribution in [3.05, 3.63) is 65.0 Å². The van der Waals surface area contributed by atoms with E-state index in [1.807, 2.05) is 24.0 Å². The van der Waals surface area contributed by atoms with Crippen LogP contribution in [0.4, 0.5) is 19.0 Å². The number of amides is 1. The second kappa shape index (κ2) is 9.13. The van der Waals surface area contributed by atoms with Crippen LogP contribution in [0, 0.1) is 18.8 Å². The minimum atomic E-state index is -4.44. The lowest BCUT2D eigenvalue weighted by Gasteiger charge is -2.39. The normalized spacial score (nSPS) is 22.2. The van der Waals surface area contributed by atoms with Crippen LogP contribution in [-0.4, -0.2) is 26.8 Å². The Morgan fingerprint density at radius 2 is 1.89 bits per heavy atom. The zero-order chi connectivity index (χ0) is 24.7. The third-order valence-electron chi connectivity index (χ3n) is 7.74. The van der Waals surface area contributed by atoms with Gasteiger partial charge in [-0.2, -0.15) is 13.2 Å². The van der Waals surface area contributed by atoms with E-state index >= 15 is 0 Å². The lowest BCUT2D eigenvalue weighted by atomic mass is 9.78. The SMILES string of the molecule is Cc1cc2cc(C(=O)N(Cc3ccc(C(F)(F)F)cn3)[C@H]3CC[C@H]4CCC[C@@H]4C3)ccc2nc1N. The first-order chi connectivity index (χ1) is 16.7. The van der Waals surface area contributed by atoms with Gasteiger partial charge in [-0.3, -0.25) is 9.78 Å². The minimum absolute atomic E-state index is 0.0351. The van der Waals surface area contributed by atoms with Crippen molar-refractivity contribution in [1.82, 2.24) is 14.9 Å². The number of nitrogens with two attached hydrogens (primary N) is 1. The molecule has 2 N–H and O–H groups in total. The van der Waals surface area contributed by atoms with Crippen molar-refractivity contribution < 1.29 is 18.0 Å². The van der Waals surface area contributed by atoms with Crippen LogP contribution in [0.1, 0.15) is 65.7 Å². The first-order valence-electron chi connectivity index (χ1n) is 12.2. The molecular formula is C27H29F3N4O. The number of carbonyl (C=O) groups is 1. The average molecular weight is 483 g/mol.